The molecule has 1 atom stereocenters. The highest BCUT2D eigenvalue weighted by Gasteiger charge is 2.29. The summed E-state index contributed by atoms with van der Waals surface area (Å²) in [4.78, 5) is 14.2. The van der Waals surface area contributed by atoms with Gasteiger partial charge in [0, 0.05) is 0 Å². The Hall–Kier alpha value is -2.02. The Morgan fingerprint density at radius 3 is 2.71 bits per heavy atom. The number of hydrogen-bond donors (Lipinski definition) is 2. The maximum absolute atomic E-state index is 12.8. The Labute approximate surface area is 172 Å². The molecule has 6 nitrogen and oxygen atoms in total. The summed E-state index contributed by atoms with van der Waals surface area (Å²) in [6, 6.07) is 11.3. The van der Waals surface area contributed by atoms with Gasteiger partial charge in [0.05, 0.1) is 38.2 Å². The number of rotatable bonds is 9. The van der Waals surface area contributed by atoms with Gasteiger partial charge in [-0.2, -0.15) is 0 Å². The number of morpholine rings is 1. The first kappa shape index (κ1) is 22.3. The molecule has 1 saturated heterocycles. The molecule has 0 radical (unpaired) electrons. The third-order valence-electron chi connectivity index (χ3n) is 4.87. The molecule has 1 unspecified atom stereocenters. The number of hydrogen-bond acceptors (Lipinski definition) is 4. The number of halogens is 1. The number of quaternary nitrogens is 1. The monoisotopic (exact) mass is 408 g/mol. The van der Waals surface area contributed by atoms with Crippen molar-refractivity contribution >= 4 is 5.91 Å². The maximum Gasteiger partial charge on any atom is 0.255 e. The molecule has 28 heavy (non-hydrogen) atoms. The number of ether oxygens (including phenoxy) is 2. The normalized spacial score (nSPS) is 15.5. The van der Waals surface area contributed by atoms with E-state index in [1.54, 1.807) is 12.3 Å². The molecular formula is C21H29ClN2O4. The zero-order chi connectivity index (χ0) is 18.9. The first-order chi connectivity index (χ1) is 13.3. The van der Waals surface area contributed by atoms with E-state index >= 15 is 0 Å². The first-order valence-corrected chi connectivity index (χ1v) is 9.75. The van der Waals surface area contributed by atoms with E-state index in [2.05, 4.69) is 12.2 Å². The number of benzene rings is 1. The van der Waals surface area contributed by atoms with Gasteiger partial charge in [-0.05, 0) is 30.7 Å². The van der Waals surface area contributed by atoms with E-state index in [1.807, 2.05) is 30.3 Å². The number of amides is 1. The van der Waals surface area contributed by atoms with E-state index < -0.39 is 0 Å². The molecule has 1 aliphatic rings. The summed E-state index contributed by atoms with van der Waals surface area (Å²) < 4.78 is 16.9. The third kappa shape index (κ3) is 5.99. The van der Waals surface area contributed by atoms with Crippen molar-refractivity contribution in [2.75, 3.05) is 39.5 Å². The smallest absolute Gasteiger partial charge is 0.255 e. The minimum Gasteiger partial charge on any atom is -1.00 e. The van der Waals surface area contributed by atoms with Crippen LogP contribution in [0.2, 0.25) is 0 Å². The molecule has 154 valence electrons. The number of carbonyl (C=O) groups excluding carboxylic acids is 1. The molecule has 7 heteroatoms. The minimum atomic E-state index is -0.119. The number of carbonyl (C=O) groups is 1. The molecule has 2 heterocycles. The highest BCUT2D eigenvalue weighted by atomic mass is 35.5. The summed E-state index contributed by atoms with van der Waals surface area (Å²) in [5, 5.41) is 3.07. The average Bonchev–Trinajstić information content (AvgIpc) is 3.24. The third-order valence-corrected chi connectivity index (χ3v) is 4.87. The highest BCUT2D eigenvalue weighted by Crippen LogP contribution is 2.18. The van der Waals surface area contributed by atoms with Crippen LogP contribution in [0.3, 0.4) is 0 Å². The SMILES string of the molecule is CCCCOc1ccccc1C(=O)NCC(c1ccco1)[NH+]1CCOCC1.[Cl-]. The van der Waals surface area contributed by atoms with Gasteiger partial charge in [-0.25, -0.2) is 0 Å². The predicted molar refractivity (Wildman–Crippen MR) is 102 cm³/mol. The lowest BCUT2D eigenvalue weighted by molar-refractivity contribution is -0.938. The van der Waals surface area contributed by atoms with Gasteiger partial charge in [0.15, 0.2) is 11.8 Å². The van der Waals surface area contributed by atoms with Gasteiger partial charge in [0.25, 0.3) is 5.91 Å². The molecule has 0 aliphatic carbocycles. The van der Waals surface area contributed by atoms with E-state index in [-0.39, 0.29) is 24.4 Å². The molecule has 0 spiro atoms. The largest absolute Gasteiger partial charge is 1.00 e. The molecule has 0 saturated carbocycles. The van der Waals surface area contributed by atoms with Gasteiger partial charge in [-0.15, -0.1) is 0 Å². The topological polar surface area (TPSA) is 65.1 Å². The van der Waals surface area contributed by atoms with Crippen LogP contribution in [0.25, 0.3) is 0 Å². The lowest BCUT2D eigenvalue weighted by Crippen LogP contribution is -3.15. The first-order valence-electron chi connectivity index (χ1n) is 9.75. The summed E-state index contributed by atoms with van der Waals surface area (Å²) in [5.74, 6) is 1.41. The van der Waals surface area contributed by atoms with Gasteiger partial charge in [0.1, 0.15) is 18.8 Å². The van der Waals surface area contributed by atoms with Crippen molar-refractivity contribution in [2.45, 2.75) is 25.8 Å². The standard InChI is InChI=1S/C21H28N2O4.ClH/c1-2-3-12-26-19-8-5-4-7-17(19)21(24)22-16-18(20-9-6-13-27-20)23-10-14-25-15-11-23;/h4-9,13,18H,2-3,10-12,14-16H2,1H3,(H,22,24);1H. The van der Waals surface area contributed by atoms with Gasteiger partial charge in [-0.1, -0.05) is 25.5 Å². The maximum atomic E-state index is 12.8. The van der Waals surface area contributed by atoms with Crippen molar-refractivity contribution in [1.29, 1.82) is 0 Å². The Kier molecular flexibility index (Phi) is 9.34. The molecule has 1 fully saturated rings. The molecule has 3 rings (SSSR count). The Bertz CT molecular complexity index is 702. The van der Waals surface area contributed by atoms with Crippen molar-refractivity contribution in [3.8, 4) is 5.75 Å². The van der Waals surface area contributed by atoms with Crippen LogP contribution in [-0.4, -0.2) is 45.4 Å². The van der Waals surface area contributed by atoms with Crippen molar-refractivity contribution in [1.82, 2.24) is 5.32 Å². The highest BCUT2D eigenvalue weighted by molar-refractivity contribution is 5.96. The van der Waals surface area contributed by atoms with Crippen LogP contribution >= 0.6 is 0 Å². The Morgan fingerprint density at radius 2 is 2.00 bits per heavy atom. The second-order valence-electron chi connectivity index (χ2n) is 6.75. The van der Waals surface area contributed by atoms with Crippen LogP contribution in [0.4, 0.5) is 0 Å². The van der Waals surface area contributed by atoms with Crippen LogP contribution in [-0.2, 0) is 4.74 Å². The number of unbranched alkanes of at least 4 members (excludes halogenated alkanes) is 1. The second kappa shape index (κ2) is 11.7. The zero-order valence-electron chi connectivity index (χ0n) is 16.3. The van der Waals surface area contributed by atoms with E-state index in [4.69, 9.17) is 13.9 Å². The molecule has 1 aromatic heterocycles. The fourth-order valence-electron chi connectivity index (χ4n) is 3.31. The fraction of sp³-hybridized carbons (Fsp3) is 0.476. The molecule has 1 amide bonds. The molecule has 2 aromatic rings. The summed E-state index contributed by atoms with van der Waals surface area (Å²) in [6.45, 7) is 6.50. The molecule has 1 aromatic carbocycles. The average molecular weight is 409 g/mol. The van der Waals surface area contributed by atoms with Gasteiger partial charge < -0.3 is 36.5 Å². The molecule has 2 N–H and O–H groups in total. The lowest BCUT2D eigenvalue weighted by Gasteiger charge is -2.30. The van der Waals surface area contributed by atoms with Crippen molar-refractivity contribution in [2.24, 2.45) is 0 Å². The van der Waals surface area contributed by atoms with Crippen LogP contribution < -0.4 is 27.4 Å². The van der Waals surface area contributed by atoms with E-state index in [0.29, 0.717) is 24.5 Å². The number of para-hydroxylation sites is 1. The van der Waals surface area contributed by atoms with Gasteiger partial charge in [-0.3, -0.25) is 4.79 Å². The Morgan fingerprint density at radius 1 is 1.21 bits per heavy atom. The molecule has 1 aliphatic heterocycles. The van der Waals surface area contributed by atoms with E-state index in [1.165, 1.54) is 4.90 Å². The van der Waals surface area contributed by atoms with Gasteiger partial charge in [0.2, 0.25) is 0 Å². The van der Waals surface area contributed by atoms with Crippen LogP contribution in [0.1, 0.15) is 41.9 Å². The number of nitrogens with one attached hydrogen (secondary N) is 2. The molecule has 0 bridgehead atoms. The lowest BCUT2D eigenvalue weighted by atomic mass is 10.1. The summed E-state index contributed by atoms with van der Waals surface area (Å²) in [6.07, 6.45) is 3.71. The number of furan rings is 1. The predicted octanol–water partition coefficient (Wildman–Crippen LogP) is -1.15. The van der Waals surface area contributed by atoms with Crippen molar-refractivity contribution < 1.29 is 36.0 Å². The summed E-state index contributed by atoms with van der Waals surface area (Å²) in [7, 11) is 0. The van der Waals surface area contributed by atoms with Gasteiger partial charge >= 0.3 is 0 Å². The summed E-state index contributed by atoms with van der Waals surface area (Å²) >= 11 is 0. The fourth-order valence-corrected chi connectivity index (χ4v) is 3.31. The minimum absolute atomic E-state index is 0. The summed E-state index contributed by atoms with van der Waals surface area (Å²) in [5.41, 5.74) is 0.573. The quantitative estimate of drug-likeness (QED) is 0.514. The van der Waals surface area contributed by atoms with Crippen molar-refractivity contribution in [3.63, 3.8) is 0 Å². The van der Waals surface area contributed by atoms with E-state index in [9.17, 15) is 4.79 Å². The van der Waals surface area contributed by atoms with E-state index in [0.717, 1.165) is 44.9 Å². The Balaban J connectivity index is 0.00000280. The second-order valence-corrected chi connectivity index (χ2v) is 6.75. The van der Waals surface area contributed by atoms with Crippen LogP contribution in [0.15, 0.2) is 47.1 Å². The molecular weight excluding hydrogens is 380 g/mol. The van der Waals surface area contributed by atoms with Crippen LogP contribution in [0, 0.1) is 0 Å². The van der Waals surface area contributed by atoms with Crippen molar-refractivity contribution in [3.05, 3.63) is 54.0 Å². The zero-order valence-corrected chi connectivity index (χ0v) is 17.0. The van der Waals surface area contributed by atoms with Crippen LogP contribution in [0.5, 0.6) is 5.75 Å².